The minimum Gasteiger partial charge on any atom is -0.224 e. The molecule has 2 aromatic rings. The summed E-state index contributed by atoms with van der Waals surface area (Å²) in [6.45, 7) is 0.149. The number of hydrogen-bond acceptors (Lipinski definition) is 4. The van der Waals surface area contributed by atoms with E-state index in [1.165, 1.54) is 18.2 Å². The third kappa shape index (κ3) is 5.18. The quantitative estimate of drug-likeness (QED) is 0.680. The summed E-state index contributed by atoms with van der Waals surface area (Å²) in [6.07, 6.45) is -3.69. The van der Waals surface area contributed by atoms with Gasteiger partial charge in [-0.2, -0.15) is 17.5 Å². The Balaban J connectivity index is 1.80. The third-order valence-electron chi connectivity index (χ3n) is 4.80. The molecule has 0 spiro atoms. The molecule has 1 aliphatic rings. The van der Waals surface area contributed by atoms with Crippen molar-refractivity contribution in [3.8, 4) is 0 Å². The highest BCUT2D eigenvalue weighted by Crippen LogP contribution is 2.31. The molecule has 0 saturated carbocycles. The van der Waals surface area contributed by atoms with Gasteiger partial charge in [-0.3, -0.25) is 0 Å². The Morgan fingerprint density at radius 3 is 2.31 bits per heavy atom. The molecule has 2 aromatic carbocycles. The molecule has 0 aromatic heterocycles. The van der Waals surface area contributed by atoms with Crippen LogP contribution >= 0.6 is 0 Å². The summed E-state index contributed by atoms with van der Waals surface area (Å²) in [5.41, 5.74) is -0.911. The lowest BCUT2D eigenvalue weighted by atomic mass is 10.1. The zero-order valence-corrected chi connectivity index (χ0v) is 17.0. The third-order valence-corrected chi connectivity index (χ3v) is 8.51. The molecule has 1 unspecified atom stereocenters. The molecule has 1 heterocycles. The van der Waals surface area contributed by atoms with E-state index < -0.39 is 43.4 Å². The first kappa shape index (κ1) is 21.8. The summed E-state index contributed by atoms with van der Waals surface area (Å²) in [5, 5.41) is 0. The summed E-state index contributed by atoms with van der Waals surface area (Å²) in [7, 11) is -7.67. The van der Waals surface area contributed by atoms with E-state index in [2.05, 4.69) is 0 Å². The van der Waals surface area contributed by atoms with Gasteiger partial charge in [0.2, 0.25) is 10.0 Å². The Morgan fingerprint density at radius 2 is 1.66 bits per heavy atom. The molecule has 3 rings (SSSR count). The number of nitrogens with zero attached hydrogens (tertiary/aromatic N) is 1. The molecule has 0 bridgehead atoms. The molecule has 1 fully saturated rings. The first-order valence-corrected chi connectivity index (χ1v) is 12.2. The molecule has 0 aliphatic carbocycles. The zero-order valence-electron chi connectivity index (χ0n) is 15.3. The largest absolute Gasteiger partial charge is 0.416 e. The summed E-state index contributed by atoms with van der Waals surface area (Å²) in [4.78, 5) is 0.113. The van der Waals surface area contributed by atoms with Crippen LogP contribution in [0.4, 0.5) is 13.2 Å². The van der Waals surface area contributed by atoms with Crippen LogP contribution in [0.1, 0.15) is 24.0 Å². The van der Waals surface area contributed by atoms with Crippen molar-refractivity contribution in [2.45, 2.75) is 35.7 Å². The lowest BCUT2D eigenvalue weighted by Gasteiger charge is -2.24. The molecular weight excluding hydrogens is 427 g/mol. The van der Waals surface area contributed by atoms with Gasteiger partial charge in [-0.1, -0.05) is 36.4 Å². The van der Waals surface area contributed by atoms with E-state index >= 15 is 0 Å². The predicted octanol–water partition coefficient (Wildman–Crippen LogP) is 3.47. The van der Waals surface area contributed by atoms with Crippen LogP contribution in [0.3, 0.4) is 0 Å². The number of benzene rings is 2. The molecule has 10 heteroatoms. The minimum atomic E-state index is -4.57. The van der Waals surface area contributed by atoms with Crippen LogP contribution in [0.15, 0.2) is 59.5 Å². The monoisotopic (exact) mass is 447 g/mol. The van der Waals surface area contributed by atoms with Crippen LogP contribution in [0.5, 0.6) is 0 Å². The molecule has 158 valence electrons. The average molecular weight is 448 g/mol. The van der Waals surface area contributed by atoms with Crippen molar-refractivity contribution in [2.24, 2.45) is 0 Å². The summed E-state index contributed by atoms with van der Waals surface area (Å²) in [5.74, 6) is -0.975. The van der Waals surface area contributed by atoms with Gasteiger partial charge >= 0.3 is 6.18 Å². The second kappa shape index (κ2) is 8.08. The zero-order chi connectivity index (χ0) is 21.3. The highest BCUT2D eigenvalue weighted by Gasteiger charge is 2.37. The van der Waals surface area contributed by atoms with Crippen LogP contribution in [0.25, 0.3) is 0 Å². The van der Waals surface area contributed by atoms with Crippen LogP contribution in [-0.4, -0.2) is 39.5 Å². The first-order chi connectivity index (χ1) is 13.5. The molecule has 0 amide bonds. The SMILES string of the molecule is O=S(=O)(CC1CCCN1S(=O)(=O)Cc1cccc(C(F)(F)F)c1)c1ccccc1. The summed E-state index contributed by atoms with van der Waals surface area (Å²) >= 11 is 0. The molecule has 0 N–H and O–H groups in total. The Hall–Kier alpha value is -1.91. The van der Waals surface area contributed by atoms with Crippen molar-refractivity contribution < 1.29 is 30.0 Å². The lowest BCUT2D eigenvalue weighted by molar-refractivity contribution is -0.137. The second-order valence-corrected chi connectivity index (χ2v) is 10.9. The van der Waals surface area contributed by atoms with E-state index in [-0.39, 0.29) is 22.8 Å². The second-order valence-electron chi connectivity index (χ2n) is 6.96. The highest BCUT2D eigenvalue weighted by molar-refractivity contribution is 7.91. The van der Waals surface area contributed by atoms with Gasteiger partial charge in [0.1, 0.15) is 0 Å². The summed E-state index contributed by atoms with van der Waals surface area (Å²) < 4.78 is 90.7. The van der Waals surface area contributed by atoms with E-state index in [0.29, 0.717) is 12.8 Å². The maximum Gasteiger partial charge on any atom is 0.416 e. The summed E-state index contributed by atoms with van der Waals surface area (Å²) in [6, 6.07) is 11.2. The number of hydrogen-bond donors (Lipinski definition) is 0. The maximum absolute atomic E-state index is 12.9. The molecule has 5 nitrogen and oxygen atoms in total. The number of sulfone groups is 1. The Kier molecular flexibility index (Phi) is 6.07. The van der Waals surface area contributed by atoms with E-state index in [1.807, 2.05) is 0 Å². The van der Waals surface area contributed by atoms with Gasteiger partial charge in [-0.15, -0.1) is 0 Å². The lowest BCUT2D eigenvalue weighted by Crippen LogP contribution is -2.40. The fourth-order valence-corrected chi connectivity index (χ4v) is 6.97. The minimum absolute atomic E-state index is 0.0105. The van der Waals surface area contributed by atoms with Crippen molar-refractivity contribution in [3.05, 3.63) is 65.7 Å². The molecular formula is C19H20F3NO4S2. The standard InChI is InChI=1S/C19H20F3NO4S2/c20-19(21,22)16-7-4-6-15(12-16)13-29(26,27)23-11-5-8-17(23)14-28(24,25)18-9-2-1-3-10-18/h1-4,6-7,9-10,12,17H,5,8,11,13-14H2. The average Bonchev–Trinajstić information content (AvgIpc) is 3.10. The fourth-order valence-electron chi connectivity index (χ4n) is 3.45. The van der Waals surface area contributed by atoms with Gasteiger partial charge in [0.15, 0.2) is 9.84 Å². The van der Waals surface area contributed by atoms with Crippen molar-refractivity contribution in [1.29, 1.82) is 0 Å². The number of alkyl halides is 3. The normalized spacial score (nSPS) is 18.8. The van der Waals surface area contributed by atoms with Crippen LogP contribution in [-0.2, 0) is 31.8 Å². The van der Waals surface area contributed by atoms with Gasteiger partial charge in [-0.05, 0) is 36.6 Å². The van der Waals surface area contributed by atoms with E-state index in [9.17, 15) is 30.0 Å². The number of sulfonamides is 1. The predicted molar refractivity (Wildman–Crippen MR) is 102 cm³/mol. The topological polar surface area (TPSA) is 71.5 Å². The van der Waals surface area contributed by atoms with Crippen molar-refractivity contribution >= 4 is 19.9 Å². The van der Waals surface area contributed by atoms with E-state index in [4.69, 9.17) is 0 Å². The Morgan fingerprint density at radius 1 is 0.966 bits per heavy atom. The van der Waals surface area contributed by atoms with Crippen molar-refractivity contribution in [2.75, 3.05) is 12.3 Å². The van der Waals surface area contributed by atoms with Crippen LogP contribution in [0.2, 0.25) is 0 Å². The van der Waals surface area contributed by atoms with Gasteiger partial charge < -0.3 is 0 Å². The molecule has 29 heavy (non-hydrogen) atoms. The van der Waals surface area contributed by atoms with Crippen molar-refractivity contribution in [3.63, 3.8) is 0 Å². The van der Waals surface area contributed by atoms with Gasteiger partial charge in [-0.25, -0.2) is 16.8 Å². The Labute approximate surface area is 168 Å². The molecule has 0 radical (unpaired) electrons. The van der Waals surface area contributed by atoms with Gasteiger partial charge in [0, 0.05) is 12.6 Å². The fraction of sp³-hybridized carbons (Fsp3) is 0.368. The number of halogens is 3. The smallest absolute Gasteiger partial charge is 0.224 e. The van der Waals surface area contributed by atoms with E-state index in [1.54, 1.807) is 18.2 Å². The first-order valence-electron chi connectivity index (χ1n) is 8.92. The molecule has 1 saturated heterocycles. The van der Waals surface area contributed by atoms with Crippen LogP contribution in [0, 0.1) is 0 Å². The van der Waals surface area contributed by atoms with Gasteiger partial charge in [0.25, 0.3) is 0 Å². The molecule has 1 aliphatic heterocycles. The number of rotatable bonds is 6. The van der Waals surface area contributed by atoms with E-state index in [0.717, 1.165) is 22.5 Å². The van der Waals surface area contributed by atoms with Crippen molar-refractivity contribution in [1.82, 2.24) is 4.31 Å². The van der Waals surface area contributed by atoms with Crippen LogP contribution < -0.4 is 0 Å². The van der Waals surface area contributed by atoms with Gasteiger partial charge in [0.05, 0.1) is 22.0 Å². The highest BCUT2D eigenvalue weighted by atomic mass is 32.2. The maximum atomic E-state index is 12.9. The Bertz CT molecular complexity index is 1070. The molecule has 1 atom stereocenters.